The van der Waals surface area contributed by atoms with Crippen LogP contribution in [-0.4, -0.2) is 44.5 Å². The second-order valence-electron chi connectivity index (χ2n) is 9.07. The molecule has 0 atom stereocenters. The number of anilines is 1. The molecule has 0 spiro atoms. The molecule has 11 heteroatoms. The van der Waals surface area contributed by atoms with Crippen molar-refractivity contribution in [2.24, 2.45) is 0 Å². The molecule has 0 aliphatic heterocycles. The number of unbranched alkanes of at least 4 members (excludes halogenated alkanes) is 2. The van der Waals surface area contributed by atoms with Gasteiger partial charge in [0.2, 0.25) is 5.91 Å². The summed E-state index contributed by atoms with van der Waals surface area (Å²) in [7, 11) is 0. The lowest BCUT2D eigenvalue weighted by Crippen LogP contribution is -2.39. The summed E-state index contributed by atoms with van der Waals surface area (Å²) in [6, 6.07) is 20.6. The highest BCUT2D eigenvalue weighted by molar-refractivity contribution is 6.32. The Hall–Kier alpha value is -4.57. The van der Waals surface area contributed by atoms with E-state index in [1.807, 2.05) is 37.3 Å². The van der Waals surface area contributed by atoms with Crippen LogP contribution in [0.1, 0.15) is 36.5 Å². The van der Waals surface area contributed by atoms with Gasteiger partial charge in [0.25, 0.3) is 11.6 Å². The van der Waals surface area contributed by atoms with Gasteiger partial charge in [0.1, 0.15) is 23.2 Å². The van der Waals surface area contributed by atoms with Gasteiger partial charge in [-0.15, -0.1) is 0 Å². The standard InChI is InChI=1S/C29H27ClFN5O4/c1-2-3-7-16-34(29(38)21-10-15-24(30)26(17-21)36(39)40)19-28(37)32-27-18-25(20-8-5-4-6-9-20)33-35(27)23-13-11-22(31)12-14-23/h4-6,8-15,17-18H,2-3,7,16,19H2,1H3,(H,32,37). The molecule has 2 amide bonds. The number of hydrogen-bond donors (Lipinski definition) is 1. The summed E-state index contributed by atoms with van der Waals surface area (Å²) in [5, 5.41) is 18.7. The molecule has 0 fully saturated rings. The van der Waals surface area contributed by atoms with Crippen molar-refractivity contribution in [3.05, 3.63) is 105 Å². The highest BCUT2D eigenvalue weighted by Gasteiger charge is 2.23. The van der Waals surface area contributed by atoms with Gasteiger partial charge in [0.15, 0.2) is 0 Å². The lowest BCUT2D eigenvalue weighted by molar-refractivity contribution is -0.384. The summed E-state index contributed by atoms with van der Waals surface area (Å²) < 4.78 is 15.1. The molecule has 0 aliphatic rings. The van der Waals surface area contributed by atoms with Gasteiger partial charge in [-0.1, -0.05) is 61.7 Å². The average Bonchev–Trinajstić information content (AvgIpc) is 3.36. The Balaban J connectivity index is 1.61. The molecule has 4 rings (SSSR count). The Morgan fingerprint density at radius 2 is 1.77 bits per heavy atom. The van der Waals surface area contributed by atoms with Crippen molar-refractivity contribution in [2.75, 3.05) is 18.4 Å². The molecule has 0 radical (unpaired) electrons. The number of nitrogens with zero attached hydrogens (tertiary/aromatic N) is 4. The fourth-order valence-corrected chi connectivity index (χ4v) is 4.31. The lowest BCUT2D eigenvalue weighted by Gasteiger charge is -2.22. The van der Waals surface area contributed by atoms with Crippen molar-refractivity contribution in [3.8, 4) is 16.9 Å². The number of nitro benzene ring substituents is 1. The first kappa shape index (κ1) is 28.4. The van der Waals surface area contributed by atoms with Crippen LogP contribution in [0.3, 0.4) is 0 Å². The first-order chi connectivity index (χ1) is 19.3. The molecule has 4 aromatic rings. The van der Waals surface area contributed by atoms with Crippen LogP contribution in [0.25, 0.3) is 16.9 Å². The molecule has 0 saturated carbocycles. The zero-order chi connectivity index (χ0) is 28.6. The molecular formula is C29H27ClFN5O4. The number of rotatable bonds is 11. The van der Waals surface area contributed by atoms with Crippen LogP contribution < -0.4 is 5.32 Å². The van der Waals surface area contributed by atoms with E-state index in [4.69, 9.17) is 11.6 Å². The molecule has 1 N–H and O–H groups in total. The lowest BCUT2D eigenvalue weighted by atomic mass is 10.1. The molecular weight excluding hydrogens is 537 g/mol. The topological polar surface area (TPSA) is 110 Å². The van der Waals surface area contributed by atoms with Gasteiger partial charge in [0.05, 0.1) is 16.3 Å². The molecule has 0 unspecified atom stereocenters. The molecule has 3 aromatic carbocycles. The monoisotopic (exact) mass is 563 g/mol. The second kappa shape index (κ2) is 13.0. The van der Waals surface area contributed by atoms with E-state index >= 15 is 0 Å². The van der Waals surface area contributed by atoms with Crippen LogP contribution in [-0.2, 0) is 4.79 Å². The first-order valence-corrected chi connectivity index (χ1v) is 13.1. The summed E-state index contributed by atoms with van der Waals surface area (Å²) in [4.78, 5) is 38.6. The predicted octanol–water partition coefficient (Wildman–Crippen LogP) is 6.51. The Bertz CT molecular complexity index is 1510. The van der Waals surface area contributed by atoms with E-state index in [0.717, 1.165) is 24.5 Å². The summed E-state index contributed by atoms with van der Waals surface area (Å²) in [5.41, 5.74) is 1.61. The Kier molecular flexibility index (Phi) is 9.23. The van der Waals surface area contributed by atoms with Gasteiger partial charge in [-0.25, -0.2) is 9.07 Å². The minimum atomic E-state index is -0.659. The van der Waals surface area contributed by atoms with Crippen LogP contribution in [0.5, 0.6) is 0 Å². The minimum Gasteiger partial charge on any atom is -0.329 e. The van der Waals surface area contributed by atoms with Gasteiger partial charge < -0.3 is 10.2 Å². The molecule has 0 saturated heterocycles. The van der Waals surface area contributed by atoms with Gasteiger partial charge in [0, 0.05) is 29.8 Å². The largest absolute Gasteiger partial charge is 0.329 e. The number of carbonyl (C=O) groups is 2. The maximum absolute atomic E-state index is 13.6. The second-order valence-corrected chi connectivity index (χ2v) is 9.48. The first-order valence-electron chi connectivity index (χ1n) is 12.7. The van der Waals surface area contributed by atoms with Crippen LogP contribution >= 0.6 is 11.6 Å². The van der Waals surface area contributed by atoms with Crippen molar-refractivity contribution >= 4 is 34.9 Å². The average molecular weight is 564 g/mol. The molecule has 0 bridgehead atoms. The molecule has 0 aliphatic carbocycles. The maximum Gasteiger partial charge on any atom is 0.288 e. The fourth-order valence-electron chi connectivity index (χ4n) is 4.13. The van der Waals surface area contributed by atoms with E-state index in [1.165, 1.54) is 33.8 Å². The number of hydrogen-bond acceptors (Lipinski definition) is 5. The summed E-state index contributed by atoms with van der Waals surface area (Å²) >= 11 is 5.91. The van der Waals surface area contributed by atoms with Gasteiger partial charge in [-0.05, 0) is 42.8 Å². The highest BCUT2D eigenvalue weighted by Crippen LogP contribution is 2.27. The number of carbonyl (C=O) groups excluding carboxylic acids is 2. The van der Waals surface area contributed by atoms with Crippen LogP contribution in [0, 0.1) is 15.9 Å². The van der Waals surface area contributed by atoms with E-state index in [-0.39, 0.29) is 29.4 Å². The number of nitro groups is 1. The molecule has 1 aromatic heterocycles. The number of benzene rings is 3. The fraction of sp³-hybridized carbons (Fsp3) is 0.207. The third-order valence-electron chi connectivity index (χ3n) is 6.16. The summed E-state index contributed by atoms with van der Waals surface area (Å²) in [6.45, 7) is 2.00. The van der Waals surface area contributed by atoms with Crippen LogP contribution in [0.15, 0.2) is 78.9 Å². The zero-order valence-corrected chi connectivity index (χ0v) is 22.5. The zero-order valence-electron chi connectivity index (χ0n) is 21.7. The van der Waals surface area contributed by atoms with E-state index in [2.05, 4.69) is 10.4 Å². The van der Waals surface area contributed by atoms with Crippen LogP contribution in [0.4, 0.5) is 15.9 Å². The van der Waals surface area contributed by atoms with Crippen molar-refractivity contribution in [1.82, 2.24) is 14.7 Å². The van der Waals surface area contributed by atoms with Crippen molar-refractivity contribution in [2.45, 2.75) is 26.2 Å². The third-order valence-corrected chi connectivity index (χ3v) is 6.48. The highest BCUT2D eigenvalue weighted by atomic mass is 35.5. The summed E-state index contributed by atoms with van der Waals surface area (Å²) in [5.74, 6) is -1.09. The van der Waals surface area contributed by atoms with Gasteiger partial charge in [-0.2, -0.15) is 5.10 Å². The van der Waals surface area contributed by atoms with E-state index in [9.17, 15) is 24.1 Å². The number of amides is 2. The molecule has 206 valence electrons. The Labute approximate surface area is 235 Å². The van der Waals surface area contributed by atoms with Crippen LogP contribution in [0.2, 0.25) is 5.02 Å². The van der Waals surface area contributed by atoms with E-state index < -0.39 is 22.6 Å². The summed E-state index contributed by atoms with van der Waals surface area (Å²) in [6.07, 6.45) is 2.39. The van der Waals surface area contributed by atoms with Gasteiger partial charge >= 0.3 is 0 Å². The van der Waals surface area contributed by atoms with E-state index in [0.29, 0.717) is 23.6 Å². The Morgan fingerprint density at radius 1 is 1.05 bits per heavy atom. The number of nitrogens with one attached hydrogen (secondary N) is 1. The van der Waals surface area contributed by atoms with Crippen molar-refractivity contribution < 1.29 is 18.9 Å². The van der Waals surface area contributed by atoms with Crippen molar-refractivity contribution in [3.63, 3.8) is 0 Å². The normalized spacial score (nSPS) is 10.8. The third kappa shape index (κ3) is 6.89. The number of aromatic nitrogens is 2. The predicted molar refractivity (Wildman–Crippen MR) is 151 cm³/mol. The molecule has 9 nitrogen and oxygen atoms in total. The maximum atomic E-state index is 13.6. The molecule has 1 heterocycles. The molecule has 40 heavy (non-hydrogen) atoms. The van der Waals surface area contributed by atoms with E-state index in [1.54, 1.807) is 18.2 Å². The smallest absolute Gasteiger partial charge is 0.288 e. The minimum absolute atomic E-state index is 0.0584. The Morgan fingerprint density at radius 3 is 2.45 bits per heavy atom. The van der Waals surface area contributed by atoms with Crippen molar-refractivity contribution in [1.29, 1.82) is 0 Å². The van der Waals surface area contributed by atoms with Gasteiger partial charge in [-0.3, -0.25) is 19.7 Å². The quantitative estimate of drug-likeness (QED) is 0.127. The SMILES string of the molecule is CCCCCN(CC(=O)Nc1cc(-c2ccccc2)nn1-c1ccc(F)cc1)C(=O)c1ccc(Cl)c([N+](=O)[O-])c1. The number of halogens is 2.